The normalized spacial score (nSPS) is 17.3. The molecule has 2 aliphatic heterocycles. The van der Waals surface area contributed by atoms with Gasteiger partial charge in [0.1, 0.15) is 5.82 Å². The SMILES string of the molecule is CCOC(=O)N1CCC(NC2CCN(c3ccc(C(=O)NCc4ccccc4F)cc3)CC2)CC1. The van der Waals surface area contributed by atoms with Gasteiger partial charge in [0.25, 0.3) is 5.91 Å². The molecule has 0 bridgehead atoms. The van der Waals surface area contributed by atoms with Crippen LogP contribution >= 0.6 is 0 Å². The zero-order valence-corrected chi connectivity index (χ0v) is 20.3. The largest absolute Gasteiger partial charge is 0.450 e. The molecule has 0 aromatic heterocycles. The van der Waals surface area contributed by atoms with Crippen LogP contribution in [0.25, 0.3) is 0 Å². The van der Waals surface area contributed by atoms with Crippen LogP contribution < -0.4 is 15.5 Å². The third kappa shape index (κ3) is 6.72. The first-order valence-electron chi connectivity index (χ1n) is 12.6. The van der Waals surface area contributed by atoms with Crippen molar-refractivity contribution in [3.8, 4) is 0 Å². The molecule has 2 heterocycles. The summed E-state index contributed by atoms with van der Waals surface area (Å²) in [6, 6.07) is 15.0. The lowest BCUT2D eigenvalue weighted by Crippen LogP contribution is -2.50. The van der Waals surface area contributed by atoms with Crippen molar-refractivity contribution in [2.75, 3.05) is 37.7 Å². The van der Waals surface area contributed by atoms with E-state index in [1.54, 1.807) is 23.1 Å². The van der Waals surface area contributed by atoms with E-state index in [2.05, 4.69) is 15.5 Å². The van der Waals surface area contributed by atoms with Gasteiger partial charge in [0.15, 0.2) is 0 Å². The number of piperidine rings is 2. The van der Waals surface area contributed by atoms with Gasteiger partial charge in [-0.05, 0) is 62.9 Å². The summed E-state index contributed by atoms with van der Waals surface area (Å²) in [6.07, 6.45) is 3.83. The van der Waals surface area contributed by atoms with E-state index in [0.29, 0.717) is 29.8 Å². The molecular formula is C27H35FN4O3. The lowest BCUT2D eigenvalue weighted by atomic mass is 9.99. The summed E-state index contributed by atoms with van der Waals surface area (Å²) in [7, 11) is 0. The zero-order valence-electron chi connectivity index (χ0n) is 20.3. The summed E-state index contributed by atoms with van der Waals surface area (Å²) in [5, 5.41) is 6.58. The topological polar surface area (TPSA) is 73.9 Å². The molecule has 0 radical (unpaired) electrons. The molecule has 0 aliphatic carbocycles. The molecule has 2 saturated heterocycles. The number of halogens is 1. The second-order valence-electron chi connectivity index (χ2n) is 9.21. The maximum Gasteiger partial charge on any atom is 0.409 e. The molecular weight excluding hydrogens is 447 g/mol. The Morgan fingerprint density at radius 3 is 2.20 bits per heavy atom. The highest BCUT2D eigenvalue weighted by Gasteiger charge is 2.27. The van der Waals surface area contributed by atoms with Crippen LogP contribution in [0.15, 0.2) is 48.5 Å². The van der Waals surface area contributed by atoms with Gasteiger partial charge in [0.2, 0.25) is 0 Å². The van der Waals surface area contributed by atoms with Gasteiger partial charge in [0, 0.05) is 61.6 Å². The average Bonchev–Trinajstić information content (AvgIpc) is 2.89. The molecule has 2 fully saturated rings. The third-order valence-electron chi connectivity index (χ3n) is 6.88. The second kappa shape index (κ2) is 12.0. The molecule has 2 amide bonds. The average molecular weight is 483 g/mol. The number of carbonyl (C=O) groups is 2. The van der Waals surface area contributed by atoms with Gasteiger partial charge in [-0.15, -0.1) is 0 Å². The van der Waals surface area contributed by atoms with E-state index in [-0.39, 0.29) is 24.4 Å². The Kier molecular flexibility index (Phi) is 8.58. The van der Waals surface area contributed by atoms with E-state index >= 15 is 0 Å². The lowest BCUT2D eigenvalue weighted by molar-refractivity contribution is 0.0934. The number of rotatable bonds is 7. The van der Waals surface area contributed by atoms with Crippen LogP contribution in [0.2, 0.25) is 0 Å². The molecule has 2 N–H and O–H groups in total. The fourth-order valence-electron chi connectivity index (χ4n) is 4.82. The van der Waals surface area contributed by atoms with E-state index in [0.717, 1.165) is 57.5 Å². The molecule has 4 rings (SSSR count). The predicted octanol–water partition coefficient (Wildman–Crippen LogP) is 3.94. The third-order valence-corrected chi connectivity index (χ3v) is 6.88. The highest BCUT2D eigenvalue weighted by atomic mass is 19.1. The molecule has 2 aromatic rings. The molecule has 188 valence electrons. The van der Waals surface area contributed by atoms with Gasteiger partial charge in [-0.1, -0.05) is 18.2 Å². The Morgan fingerprint density at radius 1 is 0.943 bits per heavy atom. The number of carbonyl (C=O) groups excluding carboxylic acids is 2. The molecule has 35 heavy (non-hydrogen) atoms. The molecule has 2 aromatic carbocycles. The van der Waals surface area contributed by atoms with Crippen molar-refractivity contribution in [1.82, 2.24) is 15.5 Å². The summed E-state index contributed by atoms with van der Waals surface area (Å²) in [6.45, 7) is 5.82. The van der Waals surface area contributed by atoms with Gasteiger partial charge >= 0.3 is 6.09 Å². The highest BCUT2D eigenvalue weighted by molar-refractivity contribution is 5.94. The fourth-order valence-corrected chi connectivity index (χ4v) is 4.82. The van der Waals surface area contributed by atoms with Crippen molar-refractivity contribution in [1.29, 1.82) is 0 Å². The number of hydrogen-bond acceptors (Lipinski definition) is 5. The second-order valence-corrected chi connectivity index (χ2v) is 9.21. The minimum absolute atomic E-state index is 0.162. The van der Waals surface area contributed by atoms with Gasteiger partial charge < -0.3 is 25.2 Å². The first kappa shape index (κ1) is 25.0. The Labute approximate surface area is 206 Å². The van der Waals surface area contributed by atoms with E-state index < -0.39 is 0 Å². The van der Waals surface area contributed by atoms with Gasteiger partial charge in [0.05, 0.1) is 6.61 Å². The maximum absolute atomic E-state index is 13.8. The quantitative estimate of drug-likeness (QED) is 0.626. The van der Waals surface area contributed by atoms with Gasteiger partial charge in [-0.2, -0.15) is 0 Å². The van der Waals surface area contributed by atoms with Crippen LogP contribution in [-0.4, -0.2) is 61.8 Å². The standard InChI is InChI=1S/C27H35FN4O3/c1-2-35-27(34)32-17-13-23(14-18-32)30-22-11-15-31(16-12-22)24-9-7-20(8-10-24)26(33)29-19-21-5-3-4-6-25(21)28/h3-10,22-23,30H,2,11-19H2,1H3,(H,29,33). The summed E-state index contributed by atoms with van der Waals surface area (Å²) < 4.78 is 18.9. The number of benzene rings is 2. The van der Waals surface area contributed by atoms with Crippen molar-refractivity contribution < 1.29 is 18.7 Å². The van der Waals surface area contributed by atoms with E-state index in [9.17, 15) is 14.0 Å². The Balaban J connectivity index is 1.19. The van der Waals surface area contributed by atoms with Crippen molar-refractivity contribution in [3.05, 3.63) is 65.5 Å². The predicted molar refractivity (Wildman–Crippen MR) is 134 cm³/mol. The minimum Gasteiger partial charge on any atom is -0.450 e. The van der Waals surface area contributed by atoms with Crippen LogP contribution in [0.4, 0.5) is 14.9 Å². The first-order chi connectivity index (χ1) is 17.0. The van der Waals surface area contributed by atoms with Crippen LogP contribution in [-0.2, 0) is 11.3 Å². The van der Waals surface area contributed by atoms with Crippen LogP contribution in [0.3, 0.4) is 0 Å². The number of anilines is 1. The van der Waals surface area contributed by atoms with Gasteiger partial charge in [-0.3, -0.25) is 4.79 Å². The monoisotopic (exact) mass is 482 g/mol. The smallest absolute Gasteiger partial charge is 0.409 e. The van der Waals surface area contributed by atoms with Crippen LogP contribution in [0.5, 0.6) is 0 Å². The molecule has 7 nitrogen and oxygen atoms in total. The number of hydrogen-bond donors (Lipinski definition) is 2. The van der Waals surface area contributed by atoms with E-state index in [1.807, 2.05) is 31.2 Å². The lowest BCUT2D eigenvalue weighted by Gasteiger charge is -2.38. The summed E-state index contributed by atoms with van der Waals surface area (Å²) in [5.41, 5.74) is 2.14. The van der Waals surface area contributed by atoms with Crippen molar-refractivity contribution in [2.24, 2.45) is 0 Å². The zero-order chi connectivity index (χ0) is 24.6. The molecule has 0 saturated carbocycles. The molecule has 0 spiro atoms. The Hall–Kier alpha value is -3.13. The number of nitrogens with zero attached hydrogens (tertiary/aromatic N) is 2. The van der Waals surface area contributed by atoms with Crippen molar-refractivity contribution in [2.45, 2.75) is 51.2 Å². The highest BCUT2D eigenvalue weighted by Crippen LogP contribution is 2.22. The van der Waals surface area contributed by atoms with Crippen LogP contribution in [0, 0.1) is 5.82 Å². The fraction of sp³-hybridized carbons (Fsp3) is 0.481. The maximum atomic E-state index is 13.8. The van der Waals surface area contributed by atoms with Crippen molar-refractivity contribution >= 4 is 17.7 Å². The van der Waals surface area contributed by atoms with E-state index in [4.69, 9.17) is 4.74 Å². The molecule has 0 unspecified atom stereocenters. The summed E-state index contributed by atoms with van der Waals surface area (Å²) >= 11 is 0. The molecule has 0 atom stereocenters. The summed E-state index contributed by atoms with van der Waals surface area (Å²) in [4.78, 5) is 28.5. The number of nitrogens with one attached hydrogen (secondary N) is 2. The van der Waals surface area contributed by atoms with Crippen LogP contribution in [0.1, 0.15) is 48.5 Å². The van der Waals surface area contributed by atoms with Crippen molar-refractivity contribution in [3.63, 3.8) is 0 Å². The minimum atomic E-state index is -0.317. The molecule has 2 aliphatic rings. The first-order valence-corrected chi connectivity index (χ1v) is 12.6. The van der Waals surface area contributed by atoms with E-state index in [1.165, 1.54) is 6.07 Å². The number of amides is 2. The Morgan fingerprint density at radius 2 is 1.57 bits per heavy atom. The number of ether oxygens (including phenoxy) is 1. The molecule has 8 heteroatoms. The Bertz CT molecular complexity index is 984. The number of likely N-dealkylation sites (tertiary alicyclic amines) is 1. The summed E-state index contributed by atoms with van der Waals surface area (Å²) in [5.74, 6) is -0.528. The van der Waals surface area contributed by atoms with Gasteiger partial charge in [-0.25, -0.2) is 9.18 Å².